The Morgan fingerprint density at radius 2 is 1.96 bits per heavy atom. The van der Waals surface area contributed by atoms with Gasteiger partial charge in [0.2, 0.25) is 6.79 Å². The van der Waals surface area contributed by atoms with Gasteiger partial charge in [0, 0.05) is 28.0 Å². The van der Waals surface area contributed by atoms with E-state index in [1.54, 1.807) is 24.4 Å². The van der Waals surface area contributed by atoms with Crippen LogP contribution >= 0.6 is 27.5 Å². The lowest BCUT2D eigenvalue weighted by Gasteiger charge is -2.08. The molecule has 1 aliphatic rings. The minimum atomic E-state index is -0.417. The first-order valence-electron chi connectivity index (χ1n) is 7.59. The van der Waals surface area contributed by atoms with E-state index in [0.29, 0.717) is 17.3 Å². The van der Waals surface area contributed by atoms with Crippen LogP contribution < -0.4 is 14.8 Å². The molecule has 0 spiro atoms. The van der Waals surface area contributed by atoms with Crippen molar-refractivity contribution in [2.45, 2.75) is 0 Å². The molecule has 3 heterocycles. The molecule has 1 aromatic carbocycles. The number of halogens is 2. The monoisotopic (exact) mass is 431 g/mol. The number of amides is 1. The van der Waals surface area contributed by atoms with Crippen molar-refractivity contribution in [3.63, 3.8) is 0 Å². The molecule has 0 bridgehead atoms. The summed E-state index contributed by atoms with van der Waals surface area (Å²) in [6.45, 7) is 0.213. The van der Waals surface area contributed by atoms with Crippen LogP contribution in [0.5, 0.6) is 11.5 Å². The maximum absolute atomic E-state index is 12.2. The number of carbonyl (C=O) groups is 1. The van der Waals surface area contributed by atoms with Crippen LogP contribution in [-0.4, -0.2) is 22.7 Å². The van der Waals surface area contributed by atoms with E-state index in [2.05, 4.69) is 31.2 Å². The second-order valence-corrected chi connectivity index (χ2v) is 6.67. The number of fused-ring (bicyclic) bond motifs is 1. The van der Waals surface area contributed by atoms with Crippen LogP contribution in [0.2, 0.25) is 5.02 Å². The molecular formula is C18H11BrClN3O3. The van der Waals surface area contributed by atoms with Crippen molar-refractivity contribution in [2.24, 2.45) is 0 Å². The third-order valence-electron chi connectivity index (χ3n) is 3.75. The van der Waals surface area contributed by atoms with Gasteiger partial charge in [-0.05, 0) is 36.4 Å². The maximum atomic E-state index is 12.2. The lowest BCUT2D eigenvalue weighted by molar-refractivity contribution is 0.102. The number of ether oxygens (including phenoxy) is 2. The molecule has 0 aliphatic carbocycles. The van der Waals surface area contributed by atoms with E-state index in [1.165, 1.54) is 6.20 Å². The van der Waals surface area contributed by atoms with E-state index < -0.39 is 5.91 Å². The van der Waals surface area contributed by atoms with Crippen molar-refractivity contribution in [2.75, 3.05) is 12.1 Å². The molecule has 26 heavy (non-hydrogen) atoms. The predicted molar refractivity (Wildman–Crippen MR) is 101 cm³/mol. The first kappa shape index (κ1) is 16.8. The first-order chi connectivity index (χ1) is 12.6. The highest BCUT2D eigenvalue weighted by Gasteiger charge is 2.17. The van der Waals surface area contributed by atoms with Crippen molar-refractivity contribution in [3.05, 3.63) is 64.0 Å². The van der Waals surface area contributed by atoms with Gasteiger partial charge in [-0.15, -0.1) is 0 Å². The van der Waals surface area contributed by atoms with Crippen molar-refractivity contribution >= 4 is 39.3 Å². The normalized spacial score (nSPS) is 12.1. The highest BCUT2D eigenvalue weighted by molar-refractivity contribution is 9.10. The van der Waals surface area contributed by atoms with Crippen LogP contribution in [0.15, 0.2) is 53.3 Å². The summed E-state index contributed by atoms with van der Waals surface area (Å²) < 4.78 is 11.6. The van der Waals surface area contributed by atoms with Gasteiger partial charge in [-0.1, -0.05) is 27.5 Å². The number of nitrogens with zero attached hydrogens (tertiary/aromatic N) is 2. The Morgan fingerprint density at radius 1 is 1.15 bits per heavy atom. The highest BCUT2D eigenvalue weighted by Crippen LogP contribution is 2.40. The van der Waals surface area contributed by atoms with E-state index in [-0.39, 0.29) is 17.5 Å². The molecule has 1 aliphatic heterocycles. The lowest BCUT2D eigenvalue weighted by Crippen LogP contribution is -2.14. The predicted octanol–water partition coefficient (Wildman–Crippen LogP) is 4.54. The SMILES string of the molecule is O=C(Nc1ccc(-c2cc3c(cc2Br)OCO3)cn1)c1ncccc1Cl. The van der Waals surface area contributed by atoms with Crippen molar-refractivity contribution in [1.29, 1.82) is 0 Å². The van der Waals surface area contributed by atoms with Crippen LogP contribution in [0.1, 0.15) is 10.5 Å². The molecule has 0 saturated heterocycles. The molecule has 0 radical (unpaired) electrons. The van der Waals surface area contributed by atoms with E-state index in [0.717, 1.165) is 15.6 Å². The average Bonchev–Trinajstić information content (AvgIpc) is 3.09. The van der Waals surface area contributed by atoms with Gasteiger partial charge in [0.25, 0.3) is 5.91 Å². The zero-order chi connectivity index (χ0) is 18.1. The minimum Gasteiger partial charge on any atom is -0.454 e. The molecule has 0 fully saturated rings. The molecule has 6 nitrogen and oxygen atoms in total. The van der Waals surface area contributed by atoms with Crippen molar-refractivity contribution < 1.29 is 14.3 Å². The molecule has 0 unspecified atom stereocenters. The Kier molecular flexibility index (Phi) is 4.48. The fourth-order valence-electron chi connectivity index (χ4n) is 2.49. The fraction of sp³-hybridized carbons (Fsp3) is 0.0556. The standard InChI is InChI=1S/C18H11BrClN3O3/c19-12-7-15-14(25-9-26-15)6-11(12)10-3-4-16(22-8-10)23-18(24)17-13(20)2-1-5-21-17/h1-8H,9H2,(H,22,23,24). The van der Waals surface area contributed by atoms with Gasteiger partial charge < -0.3 is 14.8 Å². The number of aromatic nitrogens is 2. The van der Waals surface area contributed by atoms with Gasteiger partial charge in [0.15, 0.2) is 11.5 Å². The summed E-state index contributed by atoms with van der Waals surface area (Å²) in [5, 5.41) is 2.96. The van der Waals surface area contributed by atoms with Crippen LogP contribution in [0.25, 0.3) is 11.1 Å². The second-order valence-electron chi connectivity index (χ2n) is 5.41. The Hall–Kier alpha value is -2.64. The molecule has 1 N–H and O–H groups in total. The number of benzene rings is 1. The molecule has 1 amide bonds. The number of carbonyl (C=O) groups excluding carboxylic acids is 1. The topological polar surface area (TPSA) is 73.3 Å². The maximum Gasteiger partial charge on any atom is 0.276 e. The van der Waals surface area contributed by atoms with Crippen LogP contribution in [0, 0.1) is 0 Å². The zero-order valence-corrected chi connectivity index (χ0v) is 15.5. The smallest absolute Gasteiger partial charge is 0.276 e. The lowest BCUT2D eigenvalue weighted by atomic mass is 10.1. The van der Waals surface area contributed by atoms with Gasteiger partial charge in [-0.2, -0.15) is 0 Å². The first-order valence-corrected chi connectivity index (χ1v) is 8.76. The Labute approximate surface area is 162 Å². The average molecular weight is 433 g/mol. The summed E-state index contributed by atoms with van der Waals surface area (Å²) in [5.41, 5.74) is 1.93. The van der Waals surface area contributed by atoms with Crippen LogP contribution in [-0.2, 0) is 0 Å². The number of anilines is 1. The molecule has 130 valence electrons. The molecule has 3 aromatic rings. The molecule has 2 aromatic heterocycles. The van der Waals surface area contributed by atoms with Gasteiger partial charge in [-0.3, -0.25) is 4.79 Å². The summed E-state index contributed by atoms with van der Waals surface area (Å²) in [5.74, 6) is 1.37. The van der Waals surface area contributed by atoms with Crippen LogP contribution in [0.4, 0.5) is 5.82 Å². The second kappa shape index (κ2) is 6.93. The number of rotatable bonds is 3. The van der Waals surface area contributed by atoms with Gasteiger partial charge in [0.05, 0.1) is 5.02 Å². The van der Waals surface area contributed by atoms with Crippen LogP contribution in [0.3, 0.4) is 0 Å². The third kappa shape index (κ3) is 3.23. The molecule has 8 heteroatoms. The van der Waals surface area contributed by atoms with Gasteiger partial charge >= 0.3 is 0 Å². The Balaban J connectivity index is 1.56. The number of nitrogens with one attached hydrogen (secondary N) is 1. The van der Waals surface area contributed by atoms with E-state index in [9.17, 15) is 4.79 Å². The quantitative estimate of drug-likeness (QED) is 0.658. The van der Waals surface area contributed by atoms with Gasteiger partial charge in [0.1, 0.15) is 11.5 Å². The molecule has 0 atom stereocenters. The molecule has 0 saturated carbocycles. The Morgan fingerprint density at radius 3 is 2.69 bits per heavy atom. The summed E-state index contributed by atoms with van der Waals surface area (Å²) in [4.78, 5) is 20.5. The Bertz CT molecular complexity index is 995. The van der Waals surface area contributed by atoms with Crippen molar-refractivity contribution in [1.82, 2.24) is 9.97 Å². The van der Waals surface area contributed by atoms with Gasteiger partial charge in [-0.25, -0.2) is 9.97 Å². The molecule has 4 rings (SSSR count). The minimum absolute atomic E-state index is 0.151. The number of hydrogen-bond donors (Lipinski definition) is 1. The zero-order valence-electron chi connectivity index (χ0n) is 13.2. The summed E-state index contributed by atoms with van der Waals surface area (Å²) in [7, 11) is 0. The number of pyridine rings is 2. The highest BCUT2D eigenvalue weighted by atomic mass is 79.9. The van der Waals surface area contributed by atoms with Crippen molar-refractivity contribution in [3.8, 4) is 22.6 Å². The summed E-state index contributed by atoms with van der Waals surface area (Å²) in [6, 6.07) is 10.6. The third-order valence-corrected chi connectivity index (χ3v) is 4.71. The number of hydrogen-bond acceptors (Lipinski definition) is 5. The summed E-state index contributed by atoms with van der Waals surface area (Å²) >= 11 is 9.51. The van der Waals surface area contributed by atoms with E-state index in [4.69, 9.17) is 21.1 Å². The molecular weight excluding hydrogens is 422 g/mol. The van der Waals surface area contributed by atoms with E-state index >= 15 is 0 Å². The largest absolute Gasteiger partial charge is 0.454 e. The fourth-order valence-corrected chi connectivity index (χ4v) is 3.25. The summed E-state index contributed by atoms with van der Waals surface area (Å²) in [6.07, 6.45) is 3.17. The van der Waals surface area contributed by atoms with E-state index in [1.807, 2.05) is 18.2 Å².